The number of aliphatic hydroxyl groups excluding tert-OH is 1. The molecule has 3 nitrogen and oxygen atoms in total. The number of aliphatic hydroxyl groups is 1. The van der Waals surface area contributed by atoms with Crippen LogP contribution in [0.2, 0.25) is 0 Å². The Bertz CT molecular complexity index is 345. The van der Waals surface area contributed by atoms with Crippen molar-refractivity contribution in [2.45, 2.75) is 32.0 Å². The first-order valence-corrected chi connectivity index (χ1v) is 6.19. The molecule has 1 fully saturated rings. The second kappa shape index (κ2) is 6.15. The largest absolute Gasteiger partial charge is 0.386 e. The Morgan fingerprint density at radius 3 is 2.88 bits per heavy atom. The Kier molecular flexibility index (Phi) is 4.54. The molecule has 0 bridgehead atoms. The maximum Gasteiger partial charge on any atom is 0.102 e. The smallest absolute Gasteiger partial charge is 0.102 e. The van der Waals surface area contributed by atoms with E-state index in [9.17, 15) is 5.11 Å². The van der Waals surface area contributed by atoms with E-state index in [0.717, 1.165) is 37.2 Å². The average molecular weight is 236 g/mol. The fraction of sp³-hybridized carbons (Fsp3) is 0.571. The molecule has 3 heteroatoms. The number of hydrogen-bond acceptors (Lipinski definition) is 3. The van der Waals surface area contributed by atoms with E-state index in [1.807, 2.05) is 31.2 Å². The Labute approximate surface area is 102 Å². The fourth-order valence-electron chi connectivity index (χ4n) is 2.04. The lowest BCUT2D eigenvalue weighted by Crippen LogP contribution is -2.25. The fourth-order valence-corrected chi connectivity index (χ4v) is 2.04. The lowest BCUT2D eigenvalue weighted by atomic mass is 10.1. The minimum absolute atomic E-state index is 0.239. The summed E-state index contributed by atoms with van der Waals surface area (Å²) in [5.74, 6) is 0. The highest BCUT2D eigenvalue weighted by atomic mass is 16.5. The molecule has 0 aliphatic carbocycles. The van der Waals surface area contributed by atoms with E-state index in [2.05, 4.69) is 0 Å². The molecule has 1 N–H and O–H groups in total. The zero-order chi connectivity index (χ0) is 12.1. The van der Waals surface area contributed by atoms with Gasteiger partial charge in [0.2, 0.25) is 0 Å². The Morgan fingerprint density at radius 2 is 2.18 bits per heavy atom. The van der Waals surface area contributed by atoms with Crippen molar-refractivity contribution in [3.63, 3.8) is 0 Å². The van der Waals surface area contributed by atoms with Crippen LogP contribution in [0.25, 0.3) is 0 Å². The predicted octanol–water partition coefficient (Wildman–Crippen LogP) is 2.22. The molecule has 0 saturated carbocycles. The number of aryl methyl sites for hydroxylation is 1. The van der Waals surface area contributed by atoms with Gasteiger partial charge in [0.25, 0.3) is 0 Å². The molecule has 1 aliphatic heterocycles. The van der Waals surface area contributed by atoms with Gasteiger partial charge in [0, 0.05) is 13.2 Å². The maximum atomic E-state index is 10.0. The SMILES string of the molecule is Cc1cccc(C(O)COC2CCOCC2)c1. The molecule has 0 amide bonds. The number of ether oxygens (including phenoxy) is 2. The monoisotopic (exact) mass is 236 g/mol. The molecular formula is C14H20O3. The summed E-state index contributed by atoms with van der Waals surface area (Å²) in [6.07, 6.45) is 1.57. The van der Waals surface area contributed by atoms with Crippen molar-refractivity contribution in [1.82, 2.24) is 0 Å². The first kappa shape index (κ1) is 12.6. The summed E-state index contributed by atoms with van der Waals surface area (Å²) in [6.45, 7) is 3.93. The molecule has 1 heterocycles. The van der Waals surface area contributed by atoms with E-state index in [0.29, 0.717) is 6.61 Å². The standard InChI is InChI=1S/C14H20O3/c1-11-3-2-4-12(9-11)14(15)10-17-13-5-7-16-8-6-13/h2-4,9,13-15H,5-8,10H2,1H3. The van der Waals surface area contributed by atoms with Crippen LogP contribution in [0, 0.1) is 6.92 Å². The molecule has 0 radical (unpaired) electrons. The van der Waals surface area contributed by atoms with Crippen LogP contribution in [0.5, 0.6) is 0 Å². The highest BCUT2D eigenvalue weighted by Crippen LogP contribution is 2.17. The average Bonchev–Trinajstić information content (AvgIpc) is 2.37. The normalized spacial score (nSPS) is 19.2. The molecule has 0 aromatic heterocycles. The molecule has 94 valence electrons. The second-order valence-electron chi connectivity index (χ2n) is 4.58. The quantitative estimate of drug-likeness (QED) is 0.871. The third-order valence-corrected chi connectivity index (χ3v) is 3.09. The van der Waals surface area contributed by atoms with Crippen LogP contribution in [0.15, 0.2) is 24.3 Å². The molecular weight excluding hydrogens is 216 g/mol. The second-order valence-corrected chi connectivity index (χ2v) is 4.58. The Hall–Kier alpha value is -0.900. The number of hydrogen-bond donors (Lipinski definition) is 1. The summed E-state index contributed by atoms with van der Waals surface area (Å²) in [6, 6.07) is 7.92. The van der Waals surface area contributed by atoms with Crippen LogP contribution < -0.4 is 0 Å². The van der Waals surface area contributed by atoms with Gasteiger partial charge in [-0.05, 0) is 25.3 Å². The van der Waals surface area contributed by atoms with E-state index >= 15 is 0 Å². The van der Waals surface area contributed by atoms with Crippen LogP contribution in [0.3, 0.4) is 0 Å². The summed E-state index contributed by atoms with van der Waals surface area (Å²) < 4.78 is 11.0. The van der Waals surface area contributed by atoms with Gasteiger partial charge in [-0.15, -0.1) is 0 Å². The van der Waals surface area contributed by atoms with Gasteiger partial charge in [-0.3, -0.25) is 0 Å². The van der Waals surface area contributed by atoms with E-state index in [1.54, 1.807) is 0 Å². The van der Waals surface area contributed by atoms with Crippen molar-refractivity contribution >= 4 is 0 Å². The number of rotatable bonds is 4. The van der Waals surface area contributed by atoms with Crippen molar-refractivity contribution in [3.8, 4) is 0 Å². The van der Waals surface area contributed by atoms with Gasteiger partial charge in [0.05, 0.1) is 12.7 Å². The van der Waals surface area contributed by atoms with Gasteiger partial charge in [-0.1, -0.05) is 29.8 Å². The van der Waals surface area contributed by atoms with Gasteiger partial charge in [-0.25, -0.2) is 0 Å². The van der Waals surface area contributed by atoms with Crippen molar-refractivity contribution < 1.29 is 14.6 Å². The minimum atomic E-state index is -0.530. The van der Waals surface area contributed by atoms with Gasteiger partial charge in [0.15, 0.2) is 0 Å². The van der Waals surface area contributed by atoms with Crippen LogP contribution in [-0.4, -0.2) is 31.0 Å². The third-order valence-electron chi connectivity index (χ3n) is 3.09. The first-order chi connectivity index (χ1) is 8.25. The summed E-state index contributed by atoms with van der Waals surface area (Å²) >= 11 is 0. The zero-order valence-corrected chi connectivity index (χ0v) is 10.3. The van der Waals surface area contributed by atoms with Crippen LogP contribution in [0.4, 0.5) is 0 Å². The molecule has 1 saturated heterocycles. The molecule has 1 unspecified atom stereocenters. The molecule has 1 aromatic carbocycles. The van der Waals surface area contributed by atoms with Crippen LogP contribution >= 0.6 is 0 Å². The van der Waals surface area contributed by atoms with E-state index in [4.69, 9.17) is 9.47 Å². The van der Waals surface area contributed by atoms with Crippen molar-refractivity contribution in [1.29, 1.82) is 0 Å². The molecule has 2 rings (SSSR count). The van der Waals surface area contributed by atoms with Crippen molar-refractivity contribution in [2.75, 3.05) is 19.8 Å². The number of benzene rings is 1. The molecule has 0 spiro atoms. The summed E-state index contributed by atoms with van der Waals surface area (Å²) in [5.41, 5.74) is 2.09. The summed E-state index contributed by atoms with van der Waals surface area (Å²) in [4.78, 5) is 0. The van der Waals surface area contributed by atoms with E-state index in [-0.39, 0.29) is 6.10 Å². The van der Waals surface area contributed by atoms with E-state index < -0.39 is 6.10 Å². The highest BCUT2D eigenvalue weighted by molar-refractivity contribution is 5.23. The van der Waals surface area contributed by atoms with Crippen LogP contribution in [-0.2, 0) is 9.47 Å². The lowest BCUT2D eigenvalue weighted by molar-refractivity contribution is -0.0598. The molecule has 1 aromatic rings. The summed E-state index contributed by atoms with van der Waals surface area (Å²) in [7, 11) is 0. The van der Waals surface area contributed by atoms with Gasteiger partial charge in [0.1, 0.15) is 6.10 Å². The molecule has 1 atom stereocenters. The lowest BCUT2D eigenvalue weighted by Gasteiger charge is -2.23. The maximum absolute atomic E-state index is 10.0. The molecule has 1 aliphatic rings. The van der Waals surface area contributed by atoms with Gasteiger partial charge < -0.3 is 14.6 Å². The predicted molar refractivity (Wildman–Crippen MR) is 65.9 cm³/mol. The van der Waals surface area contributed by atoms with Crippen molar-refractivity contribution in [2.24, 2.45) is 0 Å². The summed E-state index contributed by atoms with van der Waals surface area (Å²) in [5, 5.41) is 10.0. The highest BCUT2D eigenvalue weighted by Gasteiger charge is 2.16. The topological polar surface area (TPSA) is 38.7 Å². The minimum Gasteiger partial charge on any atom is -0.386 e. The van der Waals surface area contributed by atoms with Crippen LogP contribution in [0.1, 0.15) is 30.1 Å². The third kappa shape index (κ3) is 3.80. The van der Waals surface area contributed by atoms with Crippen molar-refractivity contribution in [3.05, 3.63) is 35.4 Å². The van der Waals surface area contributed by atoms with E-state index in [1.165, 1.54) is 0 Å². The van der Waals surface area contributed by atoms with Gasteiger partial charge >= 0.3 is 0 Å². The Balaban J connectivity index is 1.82. The molecule has 17 heavy (non-hydrogen) atoms. The zero-order valence-electron chi connectivity index (χ0n) is 10.3. The first-order valence-electron chi connectivity index (χ1n) is 6.19. The Morgan fingerprint density at radius 1 is 1.41 bits per heavy atom. The van der Waals surface area contributed by atoms with Gasteiger partial charge in [-0.2, -0.15) is 0 Å².